The molecular formula is C22H28O7. The summed E-state index contributed by atoms with van der Waals surface area (Å²) in [4.78, 5) is 12.9. The van der Waals surface area contributed by atoms with Crippen LogP contribution >= 0.6 is 0 Å². The number of methoxy groups -OCH3 is 2. The van der Waals surface area contributed by atoms with Gasteiger partial charge in [-0.1, -0.05) is 30.4 Å². The molecule has 1 N–H and O–H groups in total. The number of aliphatic hydroxyl groups excluding tert-OH is 1. The van der Waals surface area contributed by atoms with Crippen molar-refractivity contribution in [3.63, 3.8) is 0 Å². The van der Waals surface area contributed by atoms with E-state index in [1.54, 1.807) is 24.3 Å². The number of rotatable bonds is 8. The van der Waals surface area contributed by atoms with E-state index in [0.717, 1.165) is 6.42 Å². The molecule has 29 heavy (non-hydrogen) atoms. The molecule has 0 unspecified atom stereocenters. The van der Waals surface area contributed by atoms with Crippen molar-refractivity contribution in [2.45, 2.75) is 30.8 Å². The first-order chi connectivity index (χ1) is 14.2. The first-order valence-electron chi connectivity index (χ1n) is 9.99. The van der Waals surface area contributed by atoms with Crippen molar-refractivity contribution in [1.29, 1.82) is 0 Å². The molecule has 4 rings (SSSR count). The van der Waals surface area contributed by atoms with Crippen LogP contribution in [0.3, 0.4) is 0 Å². The van der Waals surface area contributed by atoms with Crippen molar-refractivity contribution in [2.24, 2.45) is 23.7 Å². The van der Waals surface area contributed by atoms with Crippen LogP contribution < -0.4 is 0 Å². The van der Waals surface area contributed by atoms with Gasteiger partial charge in [-0.3, -0.25) is 0 Å². The van der Waals surface area contributed by atoms with Crippen LogP contribution in [0, 0.1) is 23.7 Å². The van der Waals surface area contributed by atoms with Gasteiger partial charge >= 0.3 is 5.97 Å². The summed E-state index contributed by atoms with van der Waals surface area (Å²) < 4.78 is 27.9. The summed E-state index contributed by atoms with van der Waals surface area (Å²) in [6.45, 7) is 0.0141. The van der Waals surface area contributed by atoms with Gasteiger partial charge in [-0.05, 0) is 30.4 Å². The fourth-order valence-corrected chi connectivity index (χ4v) is 5.25. The van der Waals surface area contributed by atoms with E-state index in [-0.39, 0.29) is 37.3 Å². The number of aliphatic hydroxyl groups is 1. The summed E-state index contributed by atoms with van der Waals surface area (Å²) in [6.07, 6.45) is 2.62. The number of carbonyl (C=O) groups is 1. The highest BCUT2D eigenvalue weighted by molar-refractivity contribution is 5.89. The third kappa shape index (κ3) is 3.85. The van der Waals surface area contributed by atoms with Crippen molar-refractivity contribution in [3.8, 4) is 0 Å². The Hall–Kier alpha value is -1.77. The zero-order valence-electron chi connectivity index (χ0n) is 16.7. The molecule has 0 spiro atoms. The summed E-state index contributed by atoms with van der Waals surface area (Å²) in [5, 5.41) is 11.2. The molecule has 3 aliphatic carbocycles. The smallest absolute Gasteiger partial charge is 0.338 e. The minimum Gasteiger partial charge on any atom is -0.456 e. The lowest BCUT2D eigenvalue weighted by atomic mass is 9.67. The normalized spacial score (nSPS) is 37.5. The van der Waals surface area contributed by atoms with E-state index in [2.05, 4.69) is 12.2 Å². The zero-order valence-corrected chi connectivity index (χ0v) is 16.7. The minimum atomic E-state index is -0.747. The fourth-order valence-electron chi connectivity index (χ4n) is 5.25. The van der Waals surface area contributed by atoms with Gasteiger partial charge in [-0.2, -0.15) is 0 Å². The fraction of sp³-hybridized carbons (Fsp3) is 0.591. The number of hydrogen-bond acceptors (Lipinski definition) is 7. The summed E-state index contributed by atoms with van der Waals surface area (Å²) in [6, 6.07) is 8.90. The van der Waals surface area contributed by atoms with Crippen LogP contribution in [-0.2, 0) is 23.7 Å². The van der Waals surface area contributed by atoms with E-state index < -0.39 is 30.4 Å². The molecule has 0 amide bonds. The molecule has 0 heterocycles. The van der Waals surface area contributed by atoms with Crippen molar-refractivity contribution in [1.82, 2.24) is 0 Å². The van der Waals surface area contributed by atoms with Gasteiger partial charge in [0, 0.05) is 26.1 Å². The third-order valence-corrected chi connectivity index (χ3v) is 6.35. The molecule has 1 aromatic carbocycles. The molecular weight excluding hydrogens is 376 g/mol. The van der Waals surface area contributed by atoms with Crippen LogP contribution in [-0.4, -0.2) is 63.3 Å². The van der Waals surface area contributed by atoms with E-state index in [9.17, 15) is 9.90 Å². The van der Waals surface area contributed by atoms with Crippen molar-refractivity contribution in [2.75, 3.05) is 27.8 Å². The Kier molecular flexibility index (Phi) is 6.32. The van der Waals surface area contributed by atoms with Crippen LogP contribution in [0.25, 0.3) is 0 Å². The molecule has 0 aromatic heterocycles. The lowest BCUT2D eigenvalue weighted by Gasteiger charge is -2.49. The second-order valence-electron chi connectivity index (χ2n) is 7.91. The molecule has 7 nitrogen and oxygen atoms in total. The summed E-state index contributed by atoms with van der Waals surface area (Å²) >= 11 is 0. The maximum Gasteiger partial charge on any atom is 0.338 e. The number of hydrogen-bond donors (Lipinski definition) is 1. The number of carbonyl (C=O) groups excluding carboxylic acids is 1. The maximum absolute atomic E-state index is 12.9. The Morgan fingerprint density at radius 2 is 1.55 bits per heavy atom. The van der Waals surface area contributed by atoms with Crippen LogP contribution in [0.5, 0.6) is 0 Å². The van der Waals surface area contributed by atoms with E-state index in [4.69, 9.17) is 23.7 Å². The molecule has 0 saturated heterocycles. The highest BCUT2D eigenvalue weighted by Gasteiger charge is 2.61. The molecule has 3 aliphatic rings. The van der Waals surface area contributed by atoms with Crippen LogP contribution in [0.4, 0.5) is 0 Å². The first-order valence-corrected chi connectivity index (χ1v) is 9.99. The van der Waals surface area contributed by atoms with Crippen LogP contribution in [0.2, 0.25) is 0 Å². The topological polar surface area (TPSA) is 83.5 Å². The number of allylic oxidation sites excluding steroid dienone is 2. The molecule has 0 radical (unpaired) electrons. The Morgan fingerprint density at radius 3 is 2.21 bits per heavy atom. The lowest BCUT2D eigenvalue weighted by molar-refractivity contribution is -0.251. The Morgan fingerprint density at radius 1 is 0.931 bits per heavy atom. The van der Waals surface area contributed by atoms with Gasteiger partial charge in [0.05, 0.1) is 11.7 Å². The van der Waals surface area contributed by atoms with Gasteiger partial charge in [0.1, 0.15) is 31.9 Å². The van der Waals surface area contributed by atoms with Gasteiger partial charge < -0.3 is 28.8 Å². The molecule has 2 bridgehead atoms. The molecule has 2 saturated carbocycles. The number of fused-ring (bicyclic) bond motifs is 5. The molecule has 2 fully saturated rings. The third-order valence-electron chi connectivity index (χ3n) is 6.35. The number of ether oxygens (including phenoxy) is 5. The lowest BCUT2D eigenvalue weighted by Crippen LogP contribution is -2.62. The second kappa shape index (κ2) is 8.93. The monoisotopic (exact) mass is 404 g/mol. The standard InChI is InChI=1S/C22H28O7/c1-25-11-27-20-18(23)16-14-8-9-15(10-14)17(16)19(21(20)28-12-26-2)29-22(24)13-6-4-3-5-7-13/h3-9,14-21,23H,10-12H2,1-2H3/t14-,15+,16-,17+,18-,19+,20+,21+/m0/s1. The van der Waals surface area contributed by atoms with Gasteiger partial charge in [0.25, 0.3) is 0 Å². The SMILES string of the molecule is COCO[C@H]1[C@H](OCOC)[C@@H](O)[C@@H]2[C@H]([C@H]1OC(=O)c1ccccc1)[C@@H]1C=C[C@H]2C1. The second-order valence-corrected chi connectivity index (χ2v) is 7.91. The molecule has 0 aliphatic heterocycles. The van der Waals surface area contributed by atoms with E-state index in [1.165, 1.54) is 14.2 Å². The van der Waals surface area contributed by atoms with Crippen molar-refractivity contribution < 1.29 is 33.6 Å². The molecule has 8 atom stereocenters. The predicted molar refractivity (Wildman–Crippen MR) is 103 cm³/mol. The first kappa shape index (κ1) is 20.5. The average Bonchev–Trinajstić information content (AvgIpc) is 3.36. The Balaban J connectivity index is 1.65. The summed E-state index contributed by atoms with van der Waals surface area (Å²) in [5.41, 5.74) is 0.480. The molecule has 158 valence electrons. The summed E-state index contributed by atoms with van der Waals surface area (Å²) in [5.74, 6) is -0.00562. The van der Waals surface area contributed by atoms with E-state index in [0.29, 0.717) is 5.56 Å². The van der Waals surface area contributed by atoms with Gasteiger partial charge in [-0.25, -0.2) is 4.79 Å². The van der Waals surface area contributed by atoms with Gasteiger partial charge in [0.15, 0.2) is 0 Å². The maximum atomic E-state index is 12.9. The minimum absolute atomic E-state index is 0.00490. The van der Waals surface area contributed by atoms with Gasteiger partial charge in [0.2, 0.25) is 0 Å². The van der Waals surface area contributed by atoms with Crippen LogP contribution in [0.15, 0.2) is 42.5 Å². The van der Waals surface area contributed by atoms with E-state index in [1.807, 2.05) is 6.07 Å². The zero-order chi connectivity index (χ0) is 20.4. The van der Waals surface area contributed by atoms with Gasteiger partial charge in [-0.15, -0.1) is 0 Å². The summed E-state index contributed by atoms with van der Waals surface area (Å²) in [7, 11) is 3.05. The number of benzene rings is 1. The average molecular weight is 404 g/mol. The van der Waals surface area contributed by atoms with Crippen molar-refractivity contribution >= 4 is 5.97 Å². The quantitative estimate of drug-likeness (QED) is 0.403. The Labute approximate surface area is 170 Å². The predicted octanol–water partition coefficient (Wildman–Crippen LogP) is 2.00. The Bertz CT molecular complexity index is 721. The number of esters is 1. The van der Waals surface area contributed by atoms with E-state index >= 15 is 0 Å². The van der Waals surface area contributed by atoms with Crippen LogP contribution in [0.1, 0.15) is 16.8 Å². The highest BCUT2D eigenvalue weighted by atomic mass is 16.7. The molecule has 1 aromatic rings. The van der Waals surface area contributed by atoms with Crippen molar-refractivity contribution in [3.05, 3.63) is 48.0 Å². The highest BCUT2D eigenvalue weighted by Crippen LogP contribution is 2.55. The molecule has 7 heteroatoms. The largest absolute Gasteiger partial charge is 0.456 e.